The van der Waals surface area contributed by atoms with Crippen molar-refractivity contribution in [3.63, 3.8) is 0 Å². The van der Waals surface area contributed by atoms with Gasteiger partial charge in [-0.2, -0.15) is 0 Å². The quantitative estimate of drug-likeness (QED) is 0.900. The summed E-state index contributed by atoms with van der Waals surface area (Å²) in [5.41, 5.74) is 5.50. The SMILES string of the molecule is Cc1cc(C)c(N2CCC(N(C)CCO)C2)c(C)c1. The largest absolute Gasteiger partial charge is 0.395 e. The average Bonchev–Trinajstić information content (AvgIpc) is 2.77. The van der Waals surface area contributed by atoms with Crippen LogP contribution in [0.2, 0.25) is 0 Å². The van der Waals surface area contributed by atoms with E-state index in [2.05, 4.69) is 49.8 Å². The second-order valence-corrected chi connectivity index (χ2v) is 5.84. The van der Waals surface area contributed by atoms with Gasteiger partial charge in [0.05, 0.1) is 6.61 Å². The summed E-state index contributed by atoms with van der Waals surface area (Å²) >= 11 is 0. The highest BCUT2D eigenvalue weighted by Crippen LogP contribution is 2.30. The van der Waals surface area contributed by atoms with Gasteiger partial charge in [0.2, 0.25) is 0 Å². The number of aliphatic hydroxyl groups is 1. The van der Waals surface area contributed by atoms with Crippen molar-refractivity contribution in [2.24, 2.45) is 0 Å². The number of aryl methyl sites for hydroxylation is 3. The molecule has 1 saturated heterocycles. The van der Waals surface area contributed by atoms with E-state index < -0.39 is 0 Å². The van der Waals surface area contributed by atoms with Gasteiger partial charge >= 0.3 is 0 Å². The molecule has 1 aliphatic heterocycles. The Bertz CT molecular complexity index is 421. The lowest BCUT2D eigenvalue weighted by Gasteiger charge is -2.26. The molecule has 1 heterocycles. The smallest absolute Gasteiger partial charge is 0.0558 e. The third-order valence-corrected chi connectivity index (χ3v) is 4.19. The van der Waals surface area contributed by atoms with E-state index in [-0.39, 0.29) is 6.61 Å². The predicted molar refractivity (Wildman–Crippen MR) is 81.0 cm³/mol. The molecular weight excluding hydrogens is 236 g/mol. The maximum Gasteiger partial charge on any atom is 0.0558 e. The van der Waals surface area contributed by atoms with E-state index in [1.165, 1.54) is 28.8 Å². The van der Waals surface area contributed by atoms with Crippen LogP contribution in [0.5, 0.6) is 0 Å². The molecule has 0 spiro atoms. The van der Waals surface area contributed by atoms with E-state index in [0.29, 0.717) is 6.04 Å². The minimum atomic E-state index is 0.246. The number of nitrogens with zero attached hydrogens (tertiary/aromatic N) is 2. The molecular formula is C16H26N2O. The Hall–Kier alpha value is -1.06. The summed E-state index contributed by atoms with van der Waals surface area (Å²) in [5.74, 6) is 0. The van der Waals surface area contributed by atoms with Crippen LogP contribution < -0.4 is 4.90 Å². The monoisotopic (exact) mass is 262 g/mol. The third kappa shape index (κ3) is 3.10. The number of anilines is 1. The second-order valence-electron chi connectivity index (χ2n) is 5.84. The fourth-order valence-corrected chi connectivity index (χ4v) is 3.32. The Morgan fingerprint density at radius 2 is 1.89 bits per heavy atom. The predicted octanol–water partition coefficient (Wildman–Crippen LogP) is 2.11. The molecule has 1 N–H and O–H groups in total. The van der Waals surface area contributed by atoms with Crippen LogP contribution >= 0.6 is 0 Å². The van der Waals surface area contributed by atoms with Gasteiger partial charge in [-0.15, -0.1) is 0 Å². The van der Waals surface area contributed by atoms with E-state index in [9.17, 15) is 0 Å². The van der Waals surface area contributed by atoms with Crippen molar-refractivity contribution in [3.8, 4) is 0 Å². The van der Waals surface area contributed by atoms with Crippen molar-refractivity contribution >= 4 is 5.69 Å². The summed E-state index contributed by atoms with van der Waals surface area (Å²) in [5, 5.41) is 9.04. The zero-order chi connectivity index (χ0) is 14.0. The van der Waals surface area contributed by atoms with Crippen LogP contribution in [-0.2, 0) is 0 Å². The standard InChI is InChI=1S/C16H26N2O/c1-12-9-13(2)16(14(3)10-12)18-6-5-15(11-18)17(4)7-8-19/h9-10,15,19H,5-8,11H2,1-4H3. The van der Waals surface area contributed by atoms with Crippen molar-refractivity contribution in [2.45, 2.75) is 33.2 Å². The van der Waals surface area contributed by atoms with Crippen molar-refractivity contribution in [1.29, 1.82) is 0 Å². The molecule has 19 heavy (non-hydrogen) atoms. The molecule has 3 heteroatoms. The lowest BCUT2D eigenvalue weighted by Crippen LogP contribution is -2.36. The summed E-state index contributed by atoms with van der Waals surface area (Å²) < 4.78 is 0. The van der Waals surface area contributed by atoms with Crippen molar-refractivity contribution < 1.29 is 5.11 Å². The highest BCUT2D eigenvalue weighted by atomic mass is 16.3. The molecule has 106 valence electrons. The van der Waals surface area contributed by atoms with Gasteiger partial charge < -0.3 is 10.0 Å². The summed E-state index contributed by atoms with van der Waals surface area (Å²) in [6.45, 7) is 9.78. The van der Waals surface area contributed by atoms with Gasteiger partial charge in [0, 0.05) is 31.4 Å². The molecule has 1 aromatic carbocycles. The van der Waals surface area contributed by atoms with Crippen LogP contribution in [0.4, 0.5) is 5.69 Å². The molecule has 0 radical (unpaired) electrons. The summed E-state index contributed by atoms with van der Waals surface area (Å²) in [6.07, 6.45) is 1.18. The topological polar surface area (TPSA) is 26.7 Å². The zero-order valence-corrected chi connectivity index (χ0v) is 12.6. The lowest BCUT2D eigenvalue weighted by atomic mass is 10.0. The first-order valence-corrected chi connectivity index (χ1v) is 7.17. The zero-order valence-electron chi connectivity index (χ0n) is 12.6. The Balaban J connectivity index is 2.13. The molecule has 0 aliphatic carbocycles. The summed E-state index contributed by atoms with van der Waals surface area (Å²) in [4.78, 5) is 4.78. The first-order valence-electron chi connectivity index (χ1n) is 7.17. The van der Waals surface area contributed by atoms with Gasteiger partial charge in [-0.1, -0.05) is 17.7 Å². The number of likely N-dealkylation sites (N-methyl/N-ethyl adjacent to an activating group) is 1. The maximum absolute atomic E-state index is 9.04. The molecule has 0 aromatic heterocycles. The minimum absolute atomic E-state index is 0.246. The number of rotatable bonds is 4. The molecule has 1 atom stereocenters. The van der Waals surface area contributed by atoms with Gasteiger partial charge in [-0.25, -0.2) is 0 Å². The normalized spacial score (nSPS) is 19.5. The fraction of sp³-hybridized carbons (Fsp3) is 0.625. The van der Waals surface area contributed by atoms with Crippen LogP contribution in [0, 0.1) is 20.8 Å². The van der Waals surface area contributed by atoms with Crippen molar-refractivity contribution in [2.75, 3.05) is 38.2 Å². The van der Waals surface area contributed by atoms with E-state index in [1.54, 1.807) is 0 Å². The second kappa shape index (κ2) is 5.93. The lowest BCUT2D eigenvalue weighted by molar-refractivity contribution is 0.188. The molecule has 1 unspecified atom stereocenters. The highest BCUT2D eigenvalue weighted by molar-refractivity contribution is 5.61. The molecule has 0 saturated carbocycles. The van der Waals surface area contributed by atoms with Crippen LogP contribution in [-0.4, -0.2) is 49.3 Å². The van der Waals surface area contributed by atoms with Crippen molar-refractivity contribution in [3.05, 3.63) is 28.8 Å². The average molecular weight is 262 g/mol. The van der Waals surface area contributed by atoms with Gasteiger partial charge in [0.1, 0.15) is 0 Å². The first-order chi connectivity index (χ1) is 9.02. The fourth-order valence-electron chi connectivity index (χ4n) is 3.32. The van der Waals surface area contributed by atoms with Gasteiger partial charge in [0.25, 0.3) is 0 Å². The van der Waals surface area contributed by atoms with Gasteiger partial charge in [-0.05, 0) is 45.4 Å². The van der Waals surface area contributed by atoms with Gasteiger partial charge in [0.15, 0.2) is 0 Å². The molecule has 1 fully saturated rings. The van der Waals surface area contributed by atoms with Crippen LogP contribution in [0.15, 0.2) is 12.1 Å². The van der Waals surface area contributed by atoms with Crippen LogP contribution in [0.3, 0.4) is 0 Å². The van der Waals surface area contributed by atoms with E-state index in [1.807, 2.05) is 0 Å². The third-order valence-electron chi connectivity index (χ3n) is 4.19. The Morgan fingerprint density at radius 3 is 2.47 bits per heavy atom. The molecule has 2 rings (SSSR count). The Morgan fingerprint density at radius 1 is 1.26 bits per heavy atom. The molecule has 3 nitrogen and oxygen atoms in total. The van der Waals surface area contributed by atoms with E-state index in [0.717, 1.165) is 19.6 Å². The van der Waals surface area contributed by atoms with Crippen LogP contribution in [0.1, 0.15) is 23.1 Å². The molecule has 0 amide bonds. The summed E-state index contributed by atoms with van der Waals surface area (Å²) in [7, 11) is 2.11. The number of hydrogen-bond donors (Lipinski definition) is 1. The maximum atomic E-state index is 9.04. The number of hydrogen-bond acceptors (Lipinski definition) is 3. The van der Waals surface area contributed by atoms with Gasteiger partial charge in [-0.3, -0.25) is 4.90 Å². The van der Waals surface area contributed by atoms with E-state index in [4.69, 9.17) is 5.11 Å². The first kappa shape index (κ1) is 14.4. The van der Waals surface area contributed by atoms with Crippen LogP contribution in [0.25, 0.3) is 0 Å². The highest BCUT2D eigenvalue weighted by Gasteiger charge is 2.27. The minimum Gasteiger partial charge on any atom is -0.395 e. The summed E-state index contributed by atoms with van der Waals surface area (Å²) in [6, 6.07) is 5.10. The number of benzene rings is 1. The molecule has 0 bridgehead atoms. The Kier molecular flexibility index (Phi) is 4.48. The van der Waals surface area contributed by atoms with Crippen molar-refractivity contribution in [1.82, 2.24) is 4.90 Å². The van der Waals surface area contributed by atoms with E-state index >= 15 is 0 Å². The molecule has 1 aromatic rings. The number of aliphatic hydroxyl groups excluding tert-OH is 1. The molecule has 1 aliphatic rings. The Labute approximate surface area is 116 Å².